The van der Waals surface area contributed by atoms with Gasteiger partial charge in [-0.25, -0.2) is 9.97 Å². The number of benzene rings is 8. The Kier molecular flexibility index (Phi) is 6.22. The van der Waals surface area contributed by atoms with Crippen LogP contribution in [0.15, 0.2) is 182 Å². The Hall–Kier alpha value is -7.04. The smallest absolute Gasteiger partial charge is 0.165 e. The minimum Gasteiger partial charge on any atom is -0.309 e. The summed E-state index contributed by atoms with van der Waals surface area (Å²) in [6.45, 7) is 0. The van der Waals surface area contributed by atoms with Gasteiger partial charge < -0.3 is 4.57 Å². The van der Waals surface area contributed by atoms with Crippen LogP contribution in [0.1, 0.15) is 0 Å². The lowest BCUT2D eigenvalue weighted by Crippen LogP contribution is -2.04. The topological polar surface area (TPSA) is 35.6 Å². The molecule has 242 valence electrons. The van der Waals surface area contributed by atoms with Gasteiger partial charge in [0.1, 0.15) is 5.69 Å². The first-order valence-corrected chi connectivity index (χ1v) is 17.7. The van der Waals surface area contributed by atoms with Crippen molar-refractivity contribution >= 4 is 65.4 Å². The molecule has 0 aliphatic carbocycles. The zero-order valence-corrected chi connectivity index (χ0v) is 28.1. The standard InChI is InChI=1S/C48H30N4/c1-4-14-31(15-5-1)34-25-26-37-39-29-40-38-27-24-32-16-10-11-21-36(32)47(38)52(45(40)30-44(39)51(43(37)28-34)35-19-8-3-9-20-35)48-46(33-17-6-2-7-18-33)49-41-22-12-13-23-42(41)50-48/h1-30H. The molecule has 0 aliphatic rings. The number of hydrogen-bond acceptors (Lipinski definition) is 2. The van der Waals surface area contributed by atoms with Crippen LogP contribution in [0.2, 0.25) is 0 Å². The summed E-state index contributed by atoms with van der Waals surface area (Å²) in [5.41, 5.74) is 11.7. The zero-order chi connectivity index (χ0) is 34.2. The molecule has 0 saturated heterocycles. The average Bonchev–Trinajstić information content (AvgIpc) is 3.72. The molecule has 11 aromatic rings. The van der Waals surface area contributed by atoms with Crippen LogP contribution in [0, 0.1) is 0 Å². The fraction of sp³-hybridized carbons (Fsp3) is 0. The lowest BCUT2D eigenvalue weighted by atomic mass is 10.0. The predicted molar refractivity (Wildman–Crippen MR) is 217 cm³/mol. The maximum Gasteiger partial charge on any atom is 0.165 e. The Morgan fingerprint density at radius 2 is 0.942 bits per heavy atom. The van der Waals surface area contributed by atoms with E-state index in [1.54, 1.807) is 0 Å². The predicted octanol–water partition coefficient (Wildman–Crippen LogP) is 12.3. The van der Waals surface area contributed by atoms with Gasteiger partial charge in [0.15, 0.2) is 5.82 Å². The fourth-order valence-electron chi connectivity index (χ4n) is 8.11. The van der Waals surface area contributed by atoms with Crippen LogP contribution in [0.4, 0.5) is 0 Å². The van der Waals surface area contributed by atoms with Crippen LogP contribution in [-0.2, 0) is 0 Å². The van der Waals surface area contributed by atoms with Crippen molar-refractivity contribution in [3.8, 4) is 33.9 Å². The summed E-state index contributed by atoms with van der Waals surface area (Å²) in [6, 6.07) is 64.8. The molecule has 0 fully saturated rings. The van der Waals surface area contributed by atoms with E-state index < -0.39 is 0 Å². The highest BCUT2D eigenvalue weighted by atomic mass is 15.1. The van der Waals surface area contributed by atoms with Gasteiger partial charge in [-0.05, 0) is 59.0 Å². The van der Waals surface area contributed by atoms with Crippen molar-refractivity contribution in [3.63, 3.8) is 0 Å². The number of rotatable bonds is 4. The molecule has 0 spiro atoms. The summed E-state index contributed by atoms with van der Waals surface area (Å²) >= 11 is 0. The normalized spacial score (nSPS) is 11.8. The third-order valence-corrected chi connectivity index (χ3v) is 10.5. The number of hydrogen-bond donors (Lipinski definition) is 0. The van der Waals surface area contributed by atoms with Crippen LogP contribution >= 0.6 is 0 Å². The molecule has 0 atom stereocenters. The van der Waals surface area contributed by atoms with Gasteiger partial charge in [0.2, 0.25) is 0 Å². The first-order valence-electron chi connectivity index (χ1n) is 17.7. The largest absolute Gasteiger partial charge is 0.309 e. The zero-order valence-electron chi connectivity index (χ0n) is 28.1. The molecule has 0 aliphatic heterocycles. The van der Waals surface area contributed by atoms with Crippen LogP contribution in [-0.4, -0.2) is 19.1 Å². The number of fused-ring (bicyclic) bond motifs is 9. The molecule has 8 aromatic carbocycles. The van der Waals surface area contributed by atoms with E-state index in [1.165, 1.54) is 49.0 Å². The Morgan fingerprint density at radius 1 is 0.346 bits per heavy atom. The molecule has 0 bridgehead atoms. The van der Waals surface area contributed by atoms with E-state index in [2.05, 4.69) is 167 Å². The quantitative estimate of drug-likeness (QED) is 0.188. The Labute approximate surface area is 299 Å². The highest BCUT2D eigenvalue weighted by Gasteiger charge is 2.23. The summed E-state index contributed by atoms with van der Waals surface area (Å²) in [7, 11) is 0. The molecule has 52 heavy (non-hydrogen) atoms. The van der Waals surface area contributed by atoms with Crippen LogP contribution in [0.25, 0.3) is 99.3 Å². The highest BCUT2D eigenvalue weighted by molar-refractivity contribution is 6.23. The van der Waals surface area contributed by atoms with Gasteiger partial charge in [0, 0.05) is 38.2 Å². The molecule has 3 aromatic heterocycles. The Bertz CT molecular complexity index is 3160. The molecule has 0 radical (unpaired) electrons. The average molecular weight is 663 g/mol. The second kappa shape index (κ2) is 11.2. The second-order valence-corrected chi connectivity index (χ2v) is 13.4. The summed E-state index contributed by atoms with van der Waals surface area (Å²) in [4.78, 5) is 10.8. The summed E-state index contributed by atoms with van der Waals surface area (Å²) in [6.07, 6.45) is 0. The van der Waals surface area contributed by atoms with Crippen LogP contribution in [0.3, 0.4) is 0 Å². The van der Waals surface area contributed by atoms with Gasteiger partial charge in [0.25, 0.3) is 0 Å². The van der Waals surface area contributed by atoms with Gasteiger partial charge in [-0.15, -0.1) is 0 Å². The van der Waals surface area contributed by atoms with E-state index in [9.17, 15) is 0 Å². The van der Waals surface area contributed by atoms with Gasteiger partial charge in [-0.1, -0.05) is 140 Å². The first kappa shape index (κ1) is 28.8. The van der Waals surface area contributed by atoms with Crippen molar-refractivity contribution in [1.29, 1.82) is 0 Å². The summed E-state index contributed by atoms with van der Waals surface area (Å²) in [5.74, 6) is 0.814. The van der Waals surface area contributed by atoms with Crippen LogP contribution in [0.5, 0.6) is 0 Å². The summed E-state index contributed by atoms with van der Waals surface area (Å²) in [5, 5.41) is 7.17. The van der Waals surface area contributed by atoms with Gasteiger partial charge in [-0.2, -0.15) is 0 Å². The number of aromatic nitrogens is 4. The third-order valence-electron chi connectivity index (χ3n) is 10.5. The first-order chi connectivity index (χ1) is 25.8. The maximum atomic E-state index is 5.44. The van der Waals surface area contributed by atoms with Gasteiger partial charge >= 0.3 is 0 Å². The Morgan fingerprint density at radius 3 is 1.73 bits per heavy atom. The van der Waals surface area contributed by atoms with Crippen molar-refractivity contribution in [2.75, 3.05) is 0 Å². The second-order valence-electron chi connectivity index (χ2n) is 13.4. The molecule has 4 heteroatoms. The van der Waals surface area contributed by atoms with Crippen LogP contribution < -0.4 is 0 Å². The number of para-hydroxylation sites is 3. The Balaban J connectivity index is 1.33. The molecule has 0 unspecified atom stereocenters. The molecule has 3 heterocycles. The molecule has 0 amide bonds. The van der Waals surface area contributed by atoms with Crippen molar-refractivity contribution in [2.45, 2.75) is 0 Å². The molecular weight excluding hydrogens is 633 g/mol. The SMILES string of the molecule is c1ccc(-c2ccc3c4cc5c6ccc7ccccc7c6n(-c6nc7ccccc7nc6-c6ccccc6)c5cc4n(-c4ccccc4)c3c2)cc1. The minimum atomic E-state index is 0.814. The molecule has 0 saturated carbocycles. The van der Waals surface area contributed by atoms with Crippen molar-refractivity contribution < 1.29 is 0 Å². The fourth-order valence-corrected chi connectivity index (χ4v) is 8.11. The third kappa shape index (κ3) is 4.28. The highest BCUT2D eigenvalue weighted by Crippen LogP contribution is 2.43. The van der Waals surface area contributed by atoms with Crippen molar-refractivity contribution in [2.24, 2.45) is 0 Å². The number of nitrogens with zero attached hydrogens (tertiary/aromatic N) is 4. The van der Waals surface area contributed by atoms with Gasteiger partial charge in [0.05, 0.1) is 33.1 Å². The van der Waals surface area contributed by atoms with E-state index in [0.29, 0.717) is 0 Å². The molecule has 4 nitrogen and oxygen atoms in total. The van der Waals surface area contributed by atoms with Gasteiger partial charge in [-0.3, -0.25) is 4.57 Å². The molecule has 0 N–H and O–H groups in total. The lowest BCUT2D eigenvalue weighted by Gasteiger charge is -2.15. The summed E-state index contributed by atoms with van der Waals surface area (Å²) < 4.78 is 4.79. The van der Waals surface area contributed by atoms with E-state index in [1.807, 2.05) is 24.3 Å². The molecular formula is C48H30N4. The minimum absolute atomic E-state index is 0.814. The lowest BCUT2D eigenvalue weighted by molar-refractivity contribution is 1.08. The van der Waals surface area contributed by atoms with E-state index >= 15 is 0 Å². The van der Waals surface area contributed by atoms with E-state index in [0.717, 1.165) is 50.3 Å². The van der Waals surface area contributed by atoms with Crippen molar-refractivity contribution in [3.05, 3.63) is 182 Å². The van der Waals surface area contributed by atoms with Crippen molar-refractivity contribution in [1.82, 2.24) is 19.1 Å². The molecule has 11 rings (SSSR count). The monoisotopic (exact) mass is 662 g/mol. The van der Waals surface area contributed by atoms with E-state index in [4.69, 9.17) is 9.97 Å². The maximum absolute atomic E-state index is 5.44. The van der Waals surface area contributed by atoms with E-state index in [-0.39, 0.29) is 0 Å².